The van der Waals surface area contributed by atoms with Crippen molar-refractivity contribution in [3.05, 3.63) is 18.5 Å². The molecule has 0 amide bonds. The van der Waals surface area contributed by atoms with Gasteiger partial charge in [-0.25, -0.2) is 4.68 Å². The number of nitrogens with zero attached hydrogens (tertiary/aromatic N) is 6. The summed E-state index contributed by atoms with van der Waals surface area (Å²) in [6.07, 6.45) is 6.67. The van der Waals surface area contributed by atoms with E-state index in [0.29, 0.717) is 23.9 Å². The minimum Gasteiger partial charge on any atom is -0.357 e. The van der Waals surface area contributed by atoms with E-state index in [1.165, 1.54) is 0 Å². The van der Waals surface area contributed by atoms with E-state index in [2.05, 4.69) is 43.4 Å². The van der Waals surface area contributed by atoms with Gasteiger partial charge in [-0.05, 0) is 18.7 Å². The lowest BCUT2D eigenvalue weighted by Gasteiger charge is -2.27. The first-order valence-electron chi connectivity index (χ1n) is 6.85. The van der Waals surface area contributed by atoms with Crippen molar-refractivity contribution in [1.82, 2.24) is 24.7 Å². The number of nitrogens with one attached hydrogen (secondary N) is 1. The van der Waals surface area contributed by atoms with Gasteiger partial charge in [-0.15, -0.1) is 0 Å². The fraction of sp³-hybridized carbons (Fsp3) is 0.538. The van der Waals surface area contributed by atoms with Gasteiger partial charge in [0.15, 0.2) is 0 Å². The molecule has 0 saturated heterocycles. The third-order valence-corrected chi connectivity index (χ3v) is 3.96. The number of rotatable bonds is 7. The minimum atomic E-state index is 0.387. The molecule has 2 aromatic rings. The predicted molar refractivity (Wildman–Crippen MR) is 87.4 cm³/mol. The number of anilines is 2. The van der Waals surface area contributed by atoms with Gasteiger partial charge in [0.25, 0.3) is 5.95 Å². The van der Waals surface area contributed by atoms with Crippen molar-refractivity contribution in [3.63, 3.8) is 0 Å². The summed E-state index contributed by atoms with van der Waals surface area (Å²) in [7, 11) is 3.82. The maximum atomic E-state index is 4.53. The second-order valence-corrected chi connectivity index (χ2v) is 5.50. The van der Waals surface area contributed by atoms with E-state index >= 15 is 0 Å². The van der Waals surface area contributed by atoms with Crippen LogP contribution in [-0.4, -0.2) is 56.9 Å². The van der Waals surface area contributed by atoms with E-state index in [-0.39, 0.29) is 0 Å². The Morgan fingerprint density at radius 2 is 2.19 bits per heavy atom. The molecule has 0 bridgehead atoms. The van der Waals surface area contributed by atoms with Crippen LogP contribution in [0.1, 0.15) is 13.3 Å². The Labute approximate surface area is 129 Å². The van der Waals surface area contributed by atoms with E-state index < -0.39 is 0 Å². The van der Waals surface area contributed by atoms with Gasteiger partial charge in [-0.3, -0.25) is 0 Å². The molecule has 0 fully saturated rings. The molecule has 0 aliphatic carbocycles. The van der Waals surface area contributed by atoms with Gasteiger partial charge in [-0.2, -0.15) is 31.8 Å². The third-order valence-electron chi connectivity index (χ3n) is 3.24. The molecule has 1 N–H and O–H groups in total. The zero-order valence-corrected chi connectivity index (χ0v) is 13.6. The average Bonchev–Trinajstić information content (AvgIpc) is 3.05. The first-order chi connectivity index (χ1) is 10.2. The highest BCUT2D eigenvalue weighted by molar-refractivity contribution is 7.98. The van der Waals surface area contributed by atoms with Crippen LogP contribution in [0.3, 0.4) is 0 Å². The number of hydrogen-bond donors (Lipinski definition) is 1. The average molecular weight is 307 g/mol. The van der Waals surface area contributed by atoms with Crippen molar-refractivity contribution in [2.45, 2.75) is 19.4 Å². The largest absolute Gasteiger partial charge is 0.357 e. The van der Waals surface area contributed by atoms with Crippen LogP contribution in [0.5, 0.6) is 0 Å². The molecular weight excluding hydrogens is 286 g/mol. The van der Waals surface area contributed by atoms with Crippen LogP contribution in [0.15, 0.2) is 18.5 Å². The minimum absolute atomic E-state index is 0.387. The number of hydrogen-bond acceptors (Lipinski definition) is 7. The van der Waals surface area contributed by atoms with Crippen molar-refractivity contribution < 1.29 is 0 Å². The van der Waals surface area contributed by atoms with E-state index in [1.807, 2.05) is 31.1 Å². The molecular formula is C13H21N7S. The monoisotopic (exact) mass is 307 g/mol. The first kappa shape index (κ1) is 15.6. The lowest BCUT2D eigenvalue weighted by atomic mass is 10.2. The molecule has 0 aliphatic rings. The molecule has 2 aromatic heterocycles. The molecule has 0 spiro atoms. The Kier molecular flexibility index (Phi) is 5.38. The molecule has 8 heteroatoms. The quantitative estimate of drug-likeness (QED) is 0.834. The van der Waals surface area contributed by atoms with Gasteiger partial charge in [-0.1, -0.05) is 6.92 Å². The Hall–Kier alpha value is -1.83. The summed E-state index contributed by atoms with van der Waals surface area (Å²) in [4.78, 5) is 15.4. The van der Waals surface area contributed by atoms with Gasteiger partial charge in [0, 0.05) is 38.3 Å². The number of aromatic nitrogens is 5. The van der Waals surface area contributed by atoms with E-state index in [4.69, 9.17) is 0 Å². The SMILES string of the molecule is CCC(CSC)N(C)c1nc(NC)nc(-n2cccn2)n1. The standard InChI is InChI=1S/C13H21N7S/c1-5-10(9-21-4)19(3)12-16-11(14-2)17-13(18-12)20-8-6-7-15-20/h6-8,10H,5,9H2,1-4H3,(H,14,16,17,18). The molecule has 21 heavy (non-hydrogen) atoms. The van der Waals surface area contributed by atoms with Crippen LogP contribution in [0.2, 0.25) is 0 Å². The summed E-state index contributed by atoms with van der Waals surface area (Å²) >= 11 is 1.82. The van der Waals surface area contributed by atoms with Gasteiger partial charge in [0.1, 0.15) is 0 Å². The summed E-state index contributed by atoms with van der Waals surface area (Å²) in [5, 5.41) is 7.16. The Morgan fingerprint density at radius 3 is 2.76 bits per heavy atom. The zero-order valence-electron chi connectivity index (χ0n) is 12.8. The summed E-state index contributed by atoms with van der Waals surface area (Å²) in [5.41, 5.74) is 0. The molecule has 1 unspecified atom stereocenters. The highest BCUT2D eigenvalue weighted by atomic mass is 32.2. The predicted octanol–water partition coefficient (Wildman–Crippen LogP) is 1.68. The van der Waals surface area contributed by atoms with Crippen molar-refractivity contribution in [2.75, 3.05) is 36.3 Å². The summed E-state index contributed by atoms with van der Waals surface area (Å²) in [6.45, 7) is 2.17. The van der Waals surface area contributed by atoms with Crippen LogP contribution in [0.4, 0.5) is 11.9 Å². The lowest BCUT2D eigenvalue weighted by molar-refractivity contribution is 0.651. The first-order valence-corrected chi connectivity index (χ1v) is 8.24. The third kappa shape index (κ3) is 3.63. The molecule has 7 nitrogen and oxygen atoms in total. The molecule has 1 atom stereocenters. The fourth-order valence-electron chi connectivity index (χ4n) is 1.97. The topological polar surface area (TPSA) is 71.8 Å². The molecule has 0 saturated carbocycles. The lowest BCUT2D eigenvalue weighted by Crippen LogP contribution is -2.35. The van der Waals surface area contributed by atoms with Gasteiger partial charge < -0.3 is 10.2 Å². The van der Waals surface area contributed by atoms with E-state index in [9.17, 15) is 0 Å². The van der Waals surface area contributed by atoms with Crippen molar-refractivity contribution in [2.24, 2.45) is 0 Å². The summed E-state index contributed by atoms with van der Waals surface area (Å²) < 4.78 is 1.63. The second-order valence-electron chi connectivity index (χ2n) is 4.59. The van der Waals surface area contributed by atoms with Crippen LogP contribution in [0, 0.1) is 0 Å². The van der Waals surface area contributed by atoms with E-state index in [0.717, 1.165) is 12.2 Å². The Balaban J connectivity index is 2.36. The van der Waals surface area contributed by atoms with Gasteiger partial charge in [0.05, 0.1) is 0 Å². The maximum Gasteiger partial charge on any atom is 0.257 e. The van der Waals surface area contributed by atoms with Crippen molar-refractivity contribution in [3.8, 4) is 5.95 Å². The molecule has 2 heterocycles. The summed E-state index contributed by atoms with van der Waals surface area (Å²) in [5.74, 6) is 2.74. The van der Waals surface area contributed by atoms with Gasteiger partial charge >= 0.3 is 0 Å². The molecule has 0 aliphatic heterocycles. The normalized spacial score (nSPS) is 12.2. The van der Waals surface area contributed by atoms with Crippen molar-refractivity contribution in [1.29, 1.82) is 0 Å². The summed E-state index contributed by atoms with van der Waals surface area (Å²) in [6, 6.07) is 2.23. The molecule has 114 valence electrons. The van der Waals surface area contributed by atoms with Gasteiger partial charge in [0.2, 0.25) is 11.9 Å². The molecule has 0 aromatic carbocycles. The smallest absolute Gasteiger partial charge is 0.257 e. The molecule has 2 rings (SSSR count). The van der Waals surface area contributed by atoms with Crippen LogP contribution >= 0.6 is 11.8 Å². The molecule has 0 radical (unpaired) electrons. The maximum absolute atomic E-state index is 4.53. The second kappa shape index (κ2) is 7.26. The van der Waals surface area contributed by atoms with Crippen LogP contribution in [-0.2, 0) is 0 Å². The van der Waals surface area contributed by atoms with E-state index in [1.54, 1.807) is 17.9 Å². The number of thioether (sulfide) groups is 1. The Bertz CT molecular complexity index is 558. The van der Waals surface area contributed by atoms with Crippen LogP contribution < -0.4 is 10.2 Å². The van der Waals surface area contributed by atoms with Crippen LogP contribution in [0.25, 0.3) is 5.95 Å². The van der Waals surface area contributed by atoms with Crippen molar-refractivity contribution >= 4 is 23.7 Å². The Morgan fingerprint density at radius 1 is 1.38 bits per heavy atom. The zero-order chi connectivity index (χ0) is 15.2. The fourth-order valence-corrected chi connectivity index (χ4v) is 2.82. The highest BCUT2D eigenvalue weighted by Gasteiger charge is 2.17. The highest BCUT2D eigenvalue weighted by Crippen LogP contribution is 2.17.